The molecule has 2 aromatic rings. The fourth-order valence-corrected chi connectivity index (χ4v) is 1.75. The van der Waals surface area contributed by atoms with Gasteiger partial charge >= 0.3 is 0 Å². The van der Waals surface area contributed by atoms with E-state index in [0.717, 1.165) is 0 Å². The first kappa shape index (κ1) is 12.9. The summed E-state index contributed by atoms with van der Waals surface area (Å²) in [6.07, 6.45) is 0.598. The van der Waals surface area contributed by atoms with Gasteiger partial charge in [-0.1, -0.05) is 29.3 Å². The molecule has 0 amide bonds. The second-order valence-electron chi connectivity index (χ2n) is 3.45. The highest BCUT2D eigenvalue weighted by molar-refractivity contribution is 6.32. The first-order valence-corrected chi connectivity index (χ1v) is 5.74. The van der Waals surface area contributed by atoms with Crippen LogP contribution in [0.1, 0.15) is 10.4 Å². The van der Waals surface area contributed by atoms with Gasteiger partial charge in [-0.2, -0.15) is 0 Å². The van der Waals surface area contributed by atoms with Gasteiger partial charge in [-0.05, 0) is 24.3 Å². The van der Waals surface area contributed by atoms with E-state index in [1.165, 1.54) is 30.3 Å². The molecule has 2 rings (SSSR count). The van der Waals surface area contributed by atoms with E-state index in [4.69, 9.17) is 27.9 Å². The van der Waals surface area contributed by atoms with Gasteiger partial charge in [-0.25, -0.2) is 4.39 Å². The van der Waals surface area contributed by atoms with E-state index >= 15 is 0 Å². The van der Waals surface area contributed by atoms with Crippen LogP contribution in [0.15, 0.2) is 36.4 Å². The molecule has 0 fully saturated rings. The Morgan fingerprint density at radius 2 is 1.94 bits per heavy atom. The number of halogens is 3. The molecule has 0 aliphatic heterocycles. The number of para-hydroxylation sites is 1. The number of rotatable bonds is 3. The summed E-state index contributed by atoms with van der Waals surface area (Å²) in [5.74, 6) is -0.589. The van der Waals surface area contributed by atoms with Crippen LogP contribution in [0.4, 0.5) is 4.39 Å². The fraction of sp³-hybridized carbons (Fsp3) is 0. The van der Waals surface area contributed by atoms with Crippen molar-refractivity contribution in [3.63, 3.8) is 0 Å². The van der Waals surface area contributed by atoms with E-state index in [9.17, 15) is 9.18 Å². The molecule has 0 aliphatic carbocycles. The summed E-state index contributed by atoms with van der Waals surface area (Å²) < 4.78 is 18.9. The number of hydrogen-bond donors (Lipinski definition) is 0. The van der Waals surface area contributed by atoms with Crippen LogP contribution >= 0.6 is 23.2 Å². The average Bonchev–Trinajstić information content (AvgIpc) is 2.34. The van der Waals surface area contributed by atoms with Crippen LogP contribution in [0, 0.1) is 5.82 Å². The predicted octanol–water partition coefficient (Wildman–Crippen LogP) is 4.74. The fourth-order valence-electron chi connectivity index (χ4n) is 1.38. The molecule has 2 nitrogen and oxygen atoms in total. The molecule has 2 aromatic carbocycles. The molecule has 0 radical (unpaired) electrons. The molecule has 0 bridgehead atoms. The van der Waals surface area contributed by atoms with Crippen LogP contribution in [0.5, 0.6) is 11.5 Å². The minimum Gasteiger partial charge on any atom is -0.452 e. The third kappa shape index (κ3) is 2.63. The lowest BCUT2D eigenvalue weighted by atomic mass is 10.2. The van der Waals surface area contributed by atoms with Gasteiger partial charge in [0.15, 0.2) is 17.9 Å². The van der Waals surface area contributed by atoms with Crippen molar-refractivity contribution in [2.75, 3.05) is 0 Å². The van der Waals surface area contributed by atoms with Crippen molar-refractivity contribution >= 4 is 29.5 Å². The van der Waals surface area contributed by atoms with Crippen molar-refractivity contribution < 1.29 is 13.9 Å². The topological polar surface area (TPSA) is 26.3 Å². The molecular weight excluding hydrogens is 278 g/mol. The van der Waals surface area contributed by atoms with Crippen molar-refractivity contribution in [3.05, 3.63) is 57.8 Å². The van der Waals surface area contributed by atoms with Crippen LogP contribution in [0.2, 0.25) is 10.0 Å². The smallest absolute Gasteiger partial charge is 0.181 e. The SMILES string of the molecule is O=Cc1ccc(Cl)cc1Oc1c(F)cccc1Cl. The third-order valence-electron chi connectivity index (χ3n) is 2.23. The molecular formula is C13H7Cl2FO2. The van der Waals surface area contributed by atoms with Crippen molar-refractivity contribution in [1.29, 1.82) is 0 Å². The zero-order valence-corrected chi connectivity index (χ0v) is 10.5. The Balaban J connectivity index is 2.45. The first-order valence-electron chi connectivity index (χ1n) is 4.98. The highest BCUT2D eigenvalue weighted by Crippen LogP contribution is 2.34. The first-order chi connectivity index (χ1) is 8.61. The zero-order chi connectivity index (χ0) is 13.1. The van der Waals surface area contributed by atoms with E-state index in [1.807, 2.05) is 0 Å². The maximum Gasteiger partial charge on any atom is 0.181 e. The largest absolute Gasteiger partial charge is 0.452 e. The highest BCUT2D eigenvalue weighted by atomic mass is 35.5. The van der Waals surface area contributed by atoms with Crippen molar-refractivity contribution in [3.8, 4) is 11.5 Å². The summed E-state index contributed by atoms with van der Waals surface area (Å²) in [4.78, 5) is 10.8. The van der Waals surface area contributed by atoms with Crippen molar-refractivity contribution in [2.45, 2.75) is 0 Å². The molecule has 0 spiro atoms. The Bertz CT molecular complexity index is 579. The maximum atomic E-state index is 13.5. The van der Waals surface area contributed by atoms with E-state index in [1.54, 1.807) is 6.07 Å². The van der Waals surface area contributed by atoms with Crippen LogP contribution in [-0.4, -0.2) is 6.29 Å². The summed E-state index contributed by atoms with van der Waals surface area (Å²) >= 11 is 11.6. The average molecular weight is 285 g/mol. The number of benzene rings is 2. The van der Waals surface area contributed by atoms with Gasteiger partial charge in [0.05, 0.1) is 10.6 Å². The molecule has 92 valence electrons. The van der Waals surface area contributed by atoms with E-state index in [-0.39, 0.29) is 22.1 Å². The van der Waals surface area contributed by atoms with Gasteiger partial charge in [0.1, 0.15) is 5.75 Å². The van der Waals surface area contributed by atoms with Crippen LogP contribution in [-0.2, 0) is 0 Å². The number of ether oxygens (including phenoxy) is 1. The Labute approximate surface area is 113 Å². The number of aldehydes is 1. The Hall–Kier alpha value is -1.58. The van der Waals surface area contributed by atoms with Gasteiger partial charge in [0.2, 0.25) is 0 Å². The summed E-state index contributed by atoms with van der Waals surface area (Å²) in [6, 6.07) is 8.62. The maximum absolute atomic E-state index is 13.5. The normalized spacial score (nSPS) is 10.2. The minimum absolute atomic E-state index is 0.117. The van der Waals surface area contributed by atoms with Gasteiger partial charge < -0.3 is 4.74 Å². The molecule has 0 atom stereocenters. The molecule has 0 aromatic heterocycles. The molecule has 0 saturated carbocycles. The number of hydrogen-bond acceptors (Lipinski definition) is 2. The van der Waals surface area contributed by atoms with Gasteiger partial charge in [-0.15, -0.1) is 0 Å². The minimum atomic E-state index is -0.612. The second-order valence-corrected chi connectivity index (χ2v) is 4.30. The van der Waals surface area contributed by atoms with Crippen molar-refractivity contribution in [2.24, 2.45) is 0 Å². The van der Waals surface area contributed by atoms with Gasteiger partial charge in [-0.3, -0.25) is 4.79 Å². The number of carbonyl (C=O) groups is 1. The van der Waals surface area contributed by atoms with Crippen LogP contribution in [0.25, 0.3) is 0 Å². The molecule has 0 saturated heterocycles. The van der Waals surface area contributed by atoms with Crippen molar-refractivity contribution in [1.82, 2.24) is 0 Å². The summed E-state index contributed by atoms with van der Waals surface area (Å²) in [6.45, 7) is 0. The summed E-state index contributed by atoms with van der Waals surface area (Å²) in [5.41, 5.74) is 0.263. The van der Waals surface area contributed by atoms with E-state index in [0.29, 0.717) is 11.3 Å². The predicted molar refractivity (Wildman–Crippen MR) is 68.3 cm³/mol. The Kier molecular flexibility index (Phi) is 3.84. The lowest BCUT2D eigenvalue weighted by Gasteiger charge is -2.10. The molecule has 5 heteroatoms. The lowest BCUT2D eigenvalue weighted by molar-refractivity contribution is 0.112. The molecule has 0 aliphatic rings. The monoisotopic (exact) mass is 284 g/mol. The molecule has 0 N–H and O–H groups in total. The molecule has 0 unspecified atom stereocenters. The third-order valence-corrected chi connectivity index (χ3v) is 2.77. The van der Waals surface area contributed by atoms with E-state index in [2.05, 4.69) is 0 Å². The van der Waals surface area contributed by atoms with Crippen LogP contribution < -0.4 is 4.74 Å². The molecule has 0 heterocycles. The summed E-state index contributed by atoms with van der Waals surface area (Å²) in [7, 11) is 0. The summed E-state index contributed by atoms with van der Waals surface area (Å²) in [5, 5.41) is 0.495. The Morgan fingerprint density at radius 1 is 1.17 bits per heavy atom. The zero-order valence-electron chi connectivity index (χ0n) is 8.99. The quantitative estimate of drug-likeness (QED) is 0.761. The van der Waals surface area contributed by atoms with Gasteiger partial charge in [0, 0.05) is 11.1 Å². The number of carbonyl (C=O) groups excluding carboxylic acids is 1. The molecule has 18 heavy (non-hydrogen) atoms. The Morgan fingerprint density at radius 3 is 2.61 bits per heavy atom. The lowest BCUT2D eigenvalue weighted by Crippen LogP contribution is -1.93. The van der Waals surface area contributed by atoms with Crippen LogP contribution in [0.3, 0.4) is 0 Å². The van der Waals surface area contributed by atoms with Gasteiger partial charge in [0.25, 0.3) is 0 Å². The standard InChI is InChI=1S/C13H7Cl2FO2/c14-9-5-4-8(7-17)12(6-9)18-13-10(15)2-1-3-11(13)16/h1-7H. The second kappa shape index (κ2) is 5.38. The highest BCUT2D eigenvalue weighted by Gasteiger charge is 2.12. The van der Waals surface area contributed by atoms with E-state index < -0.39 is 5.82 Å².